The maximum absolute atomic E-state index is 6.55. The molecule has 1 heterocycles. The van der Waals surface area contributed by atoms with Gasteiger partial charge in [-0.3, -0.25) is 0 Å². The Hall–Kier alpha value is -1.00. The molecule has 3 unspecified atom stereocenters. The van der Waals surface area contributed by atoms with Crippen LogP contribution in [0.25, 0.3) is 0 Å². The predicted molar refractivity (Wildman–Crippen MR) is 73.0 cm³/mol. The van der Waals surface area contributed by atoms with Crippen molar-refractivity contribution in [2.75, 3.05) is 14.1 Å². The summed E-state index contributed by atoms with van der Waals surface area (Å²) in [7, 11) is 4.28. The van der Waals surface area contributed by atoms with Crippen molar-refractivity contribution in [3.8, 4) is 0 Å². The van der Waals surface area contributed by atoms with Gasteiger partial charge in [0.15, 0.2) is 0 Å². The molecule has 0 radical (unpaired) electrons. The van der Waals surface area contributed by atoms with E-state index < -0.39 is 0 Å². The molecule has 0 bridgehead atoms. The fraction of sp³-hybridized carbons (Fsp3) is 0.714. The summed E-state index contributed by atoms with van der Waals surface area (Å²) in [6.07, 6.45) is 10.1. The number of rotatable bonds is 3. The molecular formula is C14H24N4. The molecule has 4 heteroatoms. The van der Waals surface area contributed by atoms with Gasteiger partial charge in [0.25, 0.3) is 0 Å². The van der Waals surface area contributed by atoms with Crippen LogP contribution in [0.15, 0.2) is 18.7 Å². The topological polar surface area (TPSA) is 55.0 Å². The van der Waals surface area contributed by atoms with Crippen LogP contribution in [0.2, 0.25) is 0 Å². The fourth-order valence-electron chi connectivity index (χ4n) is 3.31. The molecule has 18 heavy (non-hydrogen) atoms. The highest BCUT2D eigenvalue weighted by Crippen LogP contribution is 2.42. The SMILES string of the molecule is CC1CCCC(C(N)c2cncnc2)(N(C)C)C1. The number of hydrogen-bond acceptors (Lipinski definition) is 4. The summed E-state index contributed by atoms with van der Waals surface area (Å²) in [6, 6.07) is -0.0172. The van der Waals surface area contributed by atoms with Gasteiger partial charge < -0.3 is 10.6 Å². The molecule has 0 aliphatic heterocycles. The Morgan fingerprint density at radius 2 is 2.06 bits per heavy atom. The van der Waals surface area contributed by atoms with Gasteiger partial charge in [-0.15, -0.1) is 0 Å². The summed E-state index contributed by atoms with van der Waals surface area (Å²) < 4.78 is 0. The normalized spacial score (nSPS) is 30.4. The van der Waals surface area contributed by atoms with Gasteiger partial charge in [0.2, 0.25) is 0 Å². The average Bonchev–Trinajstić information content (AvgIpc) is 2.38. The van der Waals surface area contributed by atoms with E-state index in [4.69, 9.17) is 5.73 Å². The van der Waals surface area contributed by atoms with Gasteiger partial charge in [-0.25, -0.2) is 9.97 Å². The van der Waals surface area contributed by atoms with Crippen molar-refractivity contribution in [3.63, 3.8) is 0 Å². The van der Waals surface area contributed by atoms with Crippen LogP contribution in [-0.2, 0) is 0 Å². The molecule has 0 aromatic carbocycles. The summed E-state index contributed by atoms with van der Waals surface area (Å²) >= 11 is 0. The Kier molecular flexibility index (Phi) is 3.97. The van der Waals surface area contributed by atoms with Crippen LogP contribution in [0.4, 0.5) is 0 Å². The van der Waals surface area contributed by atoms with Crippen molar-refractivity contribution in [2.24, 2.45) is 11.7 Å². The fourth-order valence-corrected chi connectivity index (χ4v) is 3.31. The molecule has 3 atom stereocenters. The number of hydrogen-bond donors (Lipinski definition) is 1. The molecule has 1 fully saturated rings. The van der Waals surface area contributed by atoms with E-state index in [2.05, 4.69) is 35.9 Å². The Labute approximate surface area is 110 Å². The zero-order valence-corrected chi connectivity index (χ0v) is 11.6. The van der Waals surface area contributed by atoms with E-state index in [0.717, 1.165) is 24.3 Å². The minimum atomic E-state index is -0.0172. The van der Waals surface area contributed by atoms with E-state index in [1.54, 1.807) is 6.33 Å². The van der Waals surface area contributed by atoms with Crippen molar-refractivity contribution in [3.05, 3.63) is 24.3 Å². The Balaban J connectivity index is 2.30. The van der Waals surface area contributed by atoms with E-state index >= 15 is 0 Å². The maximum atomic E-state index is 6.55. The summed E-state index contributed by atoms with van der Waals surface area (Å²) in [6.45, 7) is 2.33. The standard InChI is InChI=1S/C14H24N4/c1-11-5-4-6-14(7-11,18(2)3)13(15)12-8-16-10-17-9-12/h8-11,13H,4-7,15H2,1-3H3. The molecule has 0 amide bonds. The first-order valence-electron chi connectivity index (χ1n) is 6.74. The number of likely N-dealkylation sites (N-methyl/N-ethyl adjacent to an activating group) is 1. The molecule has 1 aromatic rings. The molecule has 2 N–H and O–H groups in total. The average molecular weight is 248 g/mol. The largest absolute Gasteiger partial charge is 0.322 e. The van der Waals surface area contributed by atoms with Crippen molar-refractivity contribution in [1.82, 2.24) is 14.9 Å². The van der Waals surface area contributed by atoms with Crippen molar-refractivity contribution in [1.29, 1.82) is 0 Å². The van der Waals surface area contributed by atoms with Gasteiger partial charge in [0.1, 0.15) is 6.33 Å². The minimum absolute atomic E-state index is 0.0172. The Morgan fingerprint density at radius 1 is 1.39 bits per heavy atom. The quantitative estimate of drug-likeness (QED) is 0.888. The molecule has 4 nitrogen and oxygen atoms in total. The van der Waals surface area contributed by atoms with E-state index in [1.165, 1.54) is 12.8 Å². The van der Waals surface area contributed by atoms with E-state index in [-0.39, 0.29) is 11.6 Å². The number of nitrogens with two attached hydrogens (primary N) is 1. The lowest BCUT2D eigenvalue weighted by atomic mass is 9.70. The van der Waals surface area contributed by atoms with Gasteiger partial charge in [0, 0.05) is 23.5 Å². The maximum Gasteiger partial charge on any atom is 0.115 e. The molecule has 1 aliphatic rings. The first-order valence-corrected chi connectivity index (χ1v) is 6.74. The molecule has 100 valence electrons. The molecule has 0 saturated heterocycles. The highest BCUT2D eigenvalue weighted by Gasteiger charge is 2.42. The minimum Gasteiger partial charge on any atom is -0.322 e. The zero-order valence-electron chi connectivity index (χ0n) is 11.6. The van der Waals surface area contributed by atoms with Crippen molar-refractivity contribution in [2.45, 2.75) is 44.2 Å². The van der Waals surface area contributed by atoms with E-state index in [1.807, 2.05) is 12.4 Å². The zero-order chi connectivity index (χ0) is 13.2. The van der Waals surface area contributed by atoms with Crippen molar-refractivity contribution >= 4 is 0 Å². The first kappa shape index (κ1) is 13.4. The monoisotopic (exact) mass is 248 g/mol. The number of nitrogens with zero attached hydrogens (tertiary/aromatic N) is 3. The summed E-state index contributed by atoms with van der Waals surface area (Å²) in [5, 5.41) is 0. The van der Waals surface area contributed by atoms with Crippen molar-refractivity contribution < 1.29 is 0 Å². The van der Waals surface area contributed by atoms with Crippen LogP contribution in [-0.4, -0.2) is 34.5 Å². The van der Waals surface area contributed by atoms with Gasteiger partial charge >= 0.3 is 0 Å². The van der Waals surface area contributed by atoms with Crippen LogP contribution in [0, 0.1) is 5.92 Å². The highest BCUT2D eigenvalue weighted by atomic mass is 15.2. The first-order chi connectivity index (χ1) is 8.56. The lowest BCUT2D eigenvalue weighted by Gasteiger charge is -2.49. The predicted octanol–water partition coefficient (Wildman–Crippen LogP) is 1.99. The highest BCUT2D eigenvalue weighted by molar-refractivity contribution is 5.17. The third kappa shape index (κ3) is 2.40. The Morgan fingerprint density at radius 3 is 2.61 bits per heavy atom. The molecular weight excluding hydrogens is 224 g/mol. The van der Waals surface area contributed by atoms with E-state index in [9.17, 15) is 0 Å². The smallest absolute Gasteiger partial charge is 0.115 e. The van der Waals surface area contributed by atoms with Gasteiger partial charge in [-0.2, -0.15) is 0 Å². The molecule has 1 aliphatic carbocycles. The Bertz CT molecular complexity index is 379. The van der Waals surface area contributed by atoms with Crippen LogP contribution in [0.3, 0.4) is 0 Å². The van der Waals surface area contributed by atoms with Gasteiger partial charge in [0.05, 0.1) is 6.04 Å². The lowest BCUT2D eigenvalue weighted by Crippen LogP contribution is -2.54. The molecule has 1 saturated carbocycles. The van der Waals surface area contributed by atoms with Gasteiger partial charge in [-0.1, -0.05) is 19.8 Å². The van der Waals surface area contributed by atoms with Gasteiger partial charge in [-0.05, 0) is 32.9 Å². The summed E-state index contributed by atoms with van der Waals surface area (Å²) in [5.41, 5.74) is 7.63. The van der Waals surface area contributed by atoms with Crippen LogP contribution < -0.4 is 5.73 Å². The third-order valence-corrected chi connectivity index (χ3v) is 4.42. The second-order valence-corrected chi connectivity index (χ2v) is 5.85. The van der Waals surface area contributed by atoms with E-state index in [0.29, 0.717) is 0 Å². The second kappa shape index (κ2) is 5.33. The number of aromatic nitrogens is 2. The molecule has 0 spiro atoms. The summed E-state index contributed by atoms with van der Waals surface area (Å²) in [5.74, 6) is 0.733. The van der Waals surface area contributed by atoms with Crippen LogP contribution in [0.5, 0.6) is 0 Å². The lowest BCUT2D eigenvalue weighted by molar-refractivity contribution is 0.0497. The summed E-state index contributed by atoms with van der Waals surface area (Å²) in [4.78, 5) is 10.5. The molecule has 2 rings (SSSR count). The van der Waals surface area contributed by atoms with Crippen LogP contribution >= 0.6 is 0 Å². The third-order valence-electron chi connectivity index (χ3n) is 4.42. The molecule has 1 aromatic heterocycles. The second-order valence-electron chi connectivity index (χ2n) is 5.85. The van der Waals surface area contributed by atoms with Crippen LogP contribution in [0.1, 0.15) is 44.2 Å².